The number of nitrogens with zero attached hydrogens (tertiary/aromatic N) is 2. The molecule has 32 heavy (non-hydrogen) atoms. The number of benzene rings is 2. The second-order valence-corrected chi connectivity index (χ2v) is 8.69. The molecule has 1 saturated carbocycles. The van der Waals surface area contributed by atoms with Crippen molar-refractivity contribution in [1.82, 2.24) is 20.7 Å². The van der Waals surface area contributed by atoms with Crippen LogP contribution in [-0.2, 0) is 22.6 Å². The SMILES string of the molecule is CC1(CCc2ccccc2)NC(=O)N(NC(=O)CN(Cc2cccc(F)c2)C2CC2)C1=O. The predicted octanol–water partition coefficient (Wildman–Crippen LogP) is 2.76. The number of hydrogen-bond acceptors (Lipinski definition) is 4. The van der Waals surface area contributed by atoms with Gasteiger partial charge in [-0.15, -0.1) is 0 Å². The van der Waals surface area contributed by atoms with Gasteiger partial charge >= 0.3 is 6.03 Å². The van der Waals surface area contributed by atoms with Gasteiger partial charge in [0.15, 0.2) is 0 Å². The largest absolute Gasteiger partial charge is 0.344 e. The molecule has 1 atom stereocenters. The van der Waals surface area contributed by atoms with Crippen molar-refractivity contribution in [3.05, 3.63) is 71.5 Å². The van der Waals surface area contributed by atoms with Crippen molar-refractivity contribution in [2.24, 2.45) is 0 Å². The van der Waals surface area contributed by atoms with Crippen LogP contribution >= 0.6 is 0 Å². The predicted molar refractivity (Wildman–Crippen MR) is 117 cm³/mol. The van der Waals surface area contributed by atoms with Gasteiger partial charge in [-0.1, -0.05) is 42.5 Å². The second kappa shape index (κ2) is 9.08. The summed E-state index contributed by atoms with van der Waals surface area (Å²) in [6, 6.07) is 15.6. The van der Waals surface area contributed by atoms with E-state index in [1.54, 1.807) is 13.0 Å². The molecule has 1 heterocycles. The average molecular weight is 439 g/mol. The summed E-state index contributed by atoms with van der Waals surface area (Å²) in [6.45, 7) is 2.10. The van der Waals surface area contributed by atoms with Gasteiger partial charge in [-0.2, -0.15) is 5.01 Å². The second-order valence-electron chi connectivity index (χ2n) is 8.69. The number of urea groups is 1. The maximum Gasteiger partial charge on any atom is 0.344 e. The molecular weight excluding hydrogens is 411 g/mol. The fraction of sp³-hybridized carbons (Fsp3) is 0.375. The van der Waals surface area contributed by atoms with Crippen LogP contribution in [0, 0.1) is 5.82 Å². The van der Waals surface area contributed by atoms with Gasteiger partial charge in [0.25, 0.3) is 11.8 Å². The summed E-state index contributed by atoms with van der Waals surface area (Å²) in [5, 5.41) is 3.49. The molecular formula is C24H27FN4O3. The van der Waals surface area contributed by atoms with Gasteiger partial charge in [0, 0.05) is 12.6 Å². The lowest BCUT2D eigenvalue weighted by Gasteiger charge is -2.24. The lowest BCUT2D eigenvalue weighted by Crippen LogP contribution is -2.51. The van der Waals surface area contributed by atoms with Gasteiger partial charge in [0.05, 0.1) is 6.54 Å². The lowest BCUT2D eigenvalue weighted by molar-refractivity contribution is -0.139. The summed E-state index contributed by atoms with van der Waals surface area (Å²) in [5.74, 6) is -1.25. The average Bonchev–Trinajstić information content (AvgIpc) is 3.58. The first-order chi connectivity index (χ1) is 15.3. The first-order valence-electron chi connectivity index (χ1n) is 10.8. The number of amides is 4. The number of hydrazine groups is 1. The number of rotatable bonds is 9. The van der Waals surface area contributed by atoms with Crippen LogP contribution in [0.15, 0.2) is 54.6 Å². The van der Waals surface area contributed by atoms with Crippen LogP contribution in [0.3, 0.4) is 0 Å². The maximum atomic E-state index is 13.5. The van der Waals surface area contributed by atoms with Crippen LogP contribution in [0.1, 0.15) is 37.3 Å². The van der Waals surface area contributed by atoms with Gasteiger partial charge < -0.3 is 5.32 Å². The van der Waals surface area contributed by atoms with Crippen molar-refractivity contribution in [2.75, 3.05) is 6.54 Å². The topological polar surface area (TPSA) is 81.8 Å². The molecule has 4 amide bonds. The van der Waals surface area contributed by atoms with Crippen molar-refractivity contribution in [1.29, 1.82) is 0 Å². The van der Waals surface area contributed by atoms with Crippen LogP contribution in [-0.4, -0.2) is 45.9 Å². The van der Waals surface area contributed by atoms with Gasteiger partial charge in [0.2, 0.25) is 0 Å². The molecule has 168 valence electrons. The normalized spacial score (nSPS) is 20.5. The third kappa shape index (κ3) is 5.13. The van der Waals surface area contributed by atoms with Crippen LogP contribution < -0.4 is 10.7 Å². The number of aryl methyl sites for hydroxylation is 1. The Labute approximate surface area is 186 Å². The summed E-state index contributed by atoms with van der Waals surface area (Å²) in [5.41, 5.74) is 3.21. The van der Waals surface area contributed by atoms with E-state index in [1.807, 2.05) is 41.3 Å². The fourth-order valence-corrected chi connectivity index (χ4v) is 3.96. The minimum atomic E-state index is -1.09. The fourth-order valence-electron chi connectivity index (χ4n) is 3.96. The van der Waals surface area contributed by atoms with Crippen LogP contribution in [0.2, 0.25) is 0 Å². The maximum absolute atomic E-state index is 13.5. The molecule has 2 N–H and O–H groups in total. The molecule has 0 bridgehead atoms. The summed E-state index contributed by atoms with van der Waals surface area (Å²) in [4.78, 5) is 40.0. The molecule has 1 saturated heterocycles. The highest BCUT2D eigenvalue weighted by Gasteiger charge is 2.48. The van der Waals surface area contributed by atoms with E-state index in [4.69, 9.17) is 0 Å². The molecule has 8 heteroatoms. The lowest BCUT2D eigenvalue weighted by atomic mass is 9.93. The highest BCUT2D eigenvalue weighted by atomic mass is 19.1. The molecule has 1 aliphatic carbocycles. The Balaban J connectivity index is 1.35. The van der Waals surface area contributed by atoms with Gasteiger partial charge in [0.1, 0.15) is 11.4 Å². The summed E-state index contributed by atoms with van der Waals surface area (Å²) in [7, 11) is 0. The van der Waals surface area contributed by atoms with Crippen molar-refractivity contribution in [2.45, 2.75) is 50.7 Å². The summed E-state index contributed by atoms with van der Waals surface area (Å²) < 4.78 is 13.5. The Morgan fingerprint density at radius 1 is 1.16 bits per heavy atom. The molecule has 0 spiro atoms. The zero-order valence-electron chi connectivity index (χ0n) is 18.0. The van der Waals surface area contributed by atoms with E-state index in [1.165, 1.54) is 12.1 Å². The first kappa shape index (κ1) is 22.0. The van der Waals surface area contributed by atoms with Crippen molar-refractivity contribution < 1.29 is 18.8 Å². The Morgan fingerprint density at radius 2 is 1.88 bits per heavy atom. The number of nitrogens with one attached hydrogen (secondary N) is 2. The molecule has 0 aromatic heterocycles. The van der Waals surface area contributed by atoms with E-state index in [9.17, 15) is 18.8 Å². The monoisotopic (exact) mass is 438 g/mol. The Bertz CT molecular complexity index is 1010. The minimum Gasteiger partial charge on any atom is -0.322 e. The molecule has 2 aliphatic rings. The number of carbonyl (C=O) groups is 3. The highest BCUT2D eigenvalue weighted by molar-refractivity contribution is 6.07. The molecule has 1 unspecified atom stereocenters. The minimum absolute atomic E-state index is 0.0129. The Kier molecular flexibility index (Phi) is 6.23. The summed E-state index contributed by atoms with van der Waals surface area (Å²) in [6.07, 6.45) is 2.96. The molecule has 2 aromatic carbocycles. The molecule has 2 fully saturated rings. The van der Waals surface area contributed by atoms with E-state index in [2.05, 4.69) is 10.7 Å². The molecule has 2 aromatic rings. The smallest absolute Gasteiger partial charge is 0.322 e. The third-order valence-electron chi connectivity index (χ3n) is 5.94. The van der Waals surface area contributed by atoms with Crippen molar-refractivity contribution in [3.8, 4) is 0 Å². The zero-order valence-corrected chi connectivity index (χ0v) is 18.0. The molecule has 0 radical (unpaired) electrons. The number of hydrogen-bond donors (Lipinski definition) is 2. The number of carbonyl (C=O) groups excluding carboxylic acids is 3. The number of imide groups is 1. The van der Waals surface area contributed by atoms with Gasteiger partial charge in [-0.3, -0.25) is 19.9 Å². The summed E-state index contributed by atoms with van der Waals surface area (Å²) >= 11 is 0. The van der Waals surface area contributed by atoms with E-state index in [0.29, 0.717) is 19.4 Å². The van der Waals surface area contributed by atoms with E-state index in [0.717, 1.165) is 29.0 Å². The van der Waals surface area contributed by atoms with Crippen LogP contribution in [0.4, 0.5) is 9.18 Å². The van der Waals surface area contributed by atoms with Crippen LogP contribution in [0.5, 0.6) is 0 Å². The molecule has 1 aliphatic heterocycles. The standard InChI is InChI=1S/C24H27FN4O3/c1-24(13-12-17-6-3-2-4-7-17)22(31)29(23(32)26-24)27-21(30)16-28(20-10-11-20)15-18-8-5-9-19(25)14-18/h2-9,14,20H,10-13,15-16H2,1H3,(H,26,32)(H,27,30). The first-order valence-corrected chi connectivity index (χ1v) is 10.8. The number of halogens is 1. The van der Waals surface area contributed by atoms with Crippen LogP contribution in [0.25, 0.3) is 0 Å². The molecule has 4 rings (SSSR count). The quantitative estimate of drug-likeness (QED) is 0.590. The third-order valence-corrected chi connectivity index (χ3v) is 5.94. The Hall–Kier alpha value is -3.26. The highest BCUT2D eigenvalue weighted by Crippen LogP contribution is 2.28. The van der Waals surface area contributed by atoms with E-state index >= 15 is 0 Å². The van der Waals surface area contributed by atoms with Crippen molar-refractivity contribution in [3.63, 3.8) is 0 Å². The van der Waals surface area contributed by atoms with Gasteiger partial charge in [-0.25, -0.2) is 9.18 Å². The van der Waals surface area contributed by atoms with E-state index < -0.39 is 23.4 Å². The zero-order chi connectivity index (χ0) is 22.7. The van der Waals surface area contributed by atoms with E-state index in [-0.39, 0.29) is 18.4 Å². The van der Waals surface area contributed by atoms with Gasteiger partial charge in [-0.05, 0) is 55.9 Å². The van der Waals surface area contributed by atoms with Crippen molar-refractivity contribution >= 4 is 17.8 Å². The molecule has 7 nitrogen and oxygen atoms in total. The Morgan fingerprint density at radius 3 is 2.56 bits per heavy atom.